The second-order valence-electron chi connectivity index (χ2n) is 16.7. The molecule has 1 aliphatic heterocycles. The number of carbonyl (C=O) groups is 5. The highest BCUT2D eigenvalue weighted by atomic mass is 32.2. The average Bonchev–Trinajstić information content (AvgIpc) is 3.67. The highest BCUT2D eigenvalue weighted by Crippen LogP contribution is 2.44. The second kappa shape index (κ2) is 17.1. The van der Waals surface area contributed by atoms with E-state index in [9.17, 15) is 32.4 Å². The first-order valence-corrected chi connectivity index (χ1v) is 21.0. The number of likely N-dealkylation sites (tertiary alicyclic amines) is 1. The molecule has 9 nitrogen and oxygen atoms in total. The van der Waals surface area contributed by atoms with Crippen LogP contribution in [-0.4, -0.2) is 73.1 Å². The molecule has 0 bridgehead atoms. The van der Waals surface area contributed by atoms with Crippen molar-refractivity contribution in [2.75, 3.05) is 18.6 Å². The minimum absolute atomic E-state index is 0.0332. The first-order chi connectivity index (χ1) is 23.5. The molecule has 2 saturated carbocycles. The Balaban J connectivity index is 1.54. The van der Waals surface area contributed by atoms with E-state index in [2.05, 4.69) is 5.32 Å². The third-order valence-electron chi connectivity index (χ3n) is 11.5. The Morgan fingerprint density at radius 2 is 1.58 bits per heavy atom. The molecule has 0 aromatic heterocycles. The number of amides is 2. The fraction of sp³-hybridized carbons (Fsp3) is 0.725. The number of rotatable bonds is 16. The third-order valence-corrected chi connectivity index (χ3v) is 12.5. The molecule has 1 N–H and O–H groups in total. The smallest absolute Gasteiger partial charge is 0.246 e. The maximum absolute atomic E-state index is 14.6. The number of fused-ring (bicyclic) bond motifs is 1. The van der Waals surface area contributed by atoms with E-state index in [1.165, 1.54) is 0 Å². The van der Waals surface area contributed by atoms with E-state index in [4.69, 9.17) is 0 Å². The van der Waals surface area contributed by atoms with Gasteiger partial charge in [0.2, 0.25) is 17.6 Å². The largest absolute Gasteiger partial charge is 0.344 e. The summed E-state index contributed by atoms with van der Waals surface area (Å²) in [6.45, 7) is 9.86. The number of benzene rings is 1. The second-order valence-corrected chi connectivity index (χ2v) is 18.8. The zero-order valence-electron chi connectivity index (χ0n) is 31.1. The number of sulfone groups is 1. The molecule has 1 saturated heterocycles. The number of carbonyl (C=O) groups excluding carboxylic acids is 5. The van der Waals surface area contributed by atoms with Crippen molar-refractivity contribution in [2.24, 2.45) is 35.0 Å². The Morgan fingerprint density at radius 1 is 0.920 bits per heavy atom. The van der Waals surface area contributed by atoms with Crippen LogP contribution in [0.4, 0.5) is 0 Å². The standard InChI is InChI=1S/C40H60N2O7S/c1-7-15-29(36(45)34(44)22-26(2)27-16-10-8-11-17-27)23-33(43)35-31-21-14-20-30(31)24-42(35)39(47)37(40(3,4)5)41-38(46)32(25-50(6,48)49)28-18-12-9-13-19-28/h8,10-11,16-17,26,28-32,35,37H,7,9,12-15,18-25H2,1-6H3,(H,41,46)/t26-,29+,30?,31+,32-,35+,37-/m1/s1. The number of hydrogen-bond acceptors (Lipinski definition) is 7. The van der Waals surface area contributed by atoms with Gasteiger partial charge < -0.3 is 10.2 Å². The predicted molar refractivity (Wildman–Crippen MR) is 195 cm³/mol. The van der Waals surface area contributed by atoms with Crippen LogP contribution in [0.2, 0.25) is 0 Å². The van der Waals surface area contributed by atoms with Crippen molar-refractivity contribution in [1.29, 1.82) is 0 Å². The molecule has 1 heterocycles. The van der Waals surface area contributed by atoms with Crippen LogP contribution in [0.5, 0.6) is 0 Å². The average molecular weight is 713 g/mol. The van der Waals surface area contributed by atoms with E-state index < -0.39 is 56.6 Å². The van der Waals surface area contributed by atoms with Crippen LogP contribution < -0.4 is 5.32 Å². The lowest BCUT2D eigenvalue weighted by Gasteiger charge is -2.38. The number of Topliss-reactive ketones (excluding diaryl/α,β-unsaturated/α-hetero) is 3. The summed E-state index contributed by atoms with van der Waals surface area (Å²) in [5.74, 6) is -3.78. The Morgan fingerprint density at radius 3 is 2.18 bits per heavy atom. The molecule has 1 unspecified atom stereocenters. The quantitative estimate of drug-likeness (QED) is 0.205. The van der Waals surface area contributed by atoms with Gasteiger partial charge in [0.1, 0.15) is 15.9 Å². The molecule has 3 fully saturated rings. The van der Waals surface area contributed by atoms with E-state index in [0.29, 0.717) is 19.4 Å². The topological polar surface area (TPSA) is 135 Å². The predicted octanol–water partition coefficient (Wildman–Crippen LogP) is 6.09. The Hall–Kier alpha value is -2.88. The van der Waals surface area contributed by atoms with Gasteiger partial charge >= 0.3 is 0 Å². The molecule has 4 rings (SSSR count). The van der Waals surface area contributed by atoms with Crippen LogP contribution in [0.1, 0.15) is 123 Å². The van der Waals surface area contributed by atoms with E-state index >= 15 is 0 Å². The van der Waals surface area contributed by atoms with Crippen LogP contribution in [-0.2, 0) is 33.8 Å². The lowest BCUT2D eigenvalue weighted by Crippen LogP contribution is -2.59. The highest BCUT2D eigenvalue weighted by molar-refractivity contribution is 7.90. The van der Waals surface area contributed by atoms with Gasteiger partial charge in [0, 0.05) is 31.6 Å². The molecule has 10 heteroatoms. The Kier molecular flexibility index (Phi) is 13.6. The van der Waals surface area contributed by atoms with Crippen LogP contribution >= 0.6 is 0 Å². The number of hydrogen-bond donors (Lipinski definition) is 1. The fourth-order valence-corrected chi connectivity index (χ4v) is 9.92. The summed E-state index contributed by atoms with van der Waals surface area (Å²) < 4.78 is 24.9. The minimum atomic E-state index is -3.46. The van der Waals surface area contributed by atoms with Crippen molar-refractivity contribution in [1.82, 2.24) is 10.2 Å². The zero-order chi connectivity index (χ0) is 36.8. The van der Waals surface area contributed by atoms with Gasteiger partial charge in [-0.25, -0.2) is 8.42 Å². The molecular formula is C40H60N2O7S. The first-order valence-electron chi connectivity index (χ1n) is 18.9. The summed E-state index contributed by atoms with van der Waals surface area (Å²) in [4.78, 5) is 71.3. The fourth-order valence-electron chi connectivity index (χ4n) is 8.84. The van der Waals surface area contributed by atoms with E-state index in [1.807, 2.05) is 65.0 Å². The molecule has 2 aliphatic carbocycles. The molecule has 2 amide bonds. The molecule has 1 aromatic carbocycles. The molecule has 278 valence electrons. The highest BCUT2D eigenvalue weighted by Gasteiger charge is 2.52. The van der Waals surface area contributed by atoms with Crippen LogP contribution in [0.25, 0.3) is 0 Å². The first kappa shape index (κ1) is 39.9. The number of ketones is 3. The third kappa shape index (κ3) is 10.1. The minimum Gasteiger partial charge on any atom is -0.344 e. The Labute approximate surface area is 300 Å². The number of nitrogens with one attached hydrogen (secondary N) is 1. The van der Waals surface area contributed by atoms with Crippen molar-refractivity contribution < 1.29 is 32.4 Å². The summed E-state index contributed by atoms with van der Waals surface area (Å²) in [6.07, 6.45) is 9.34. The normalized spacial score (nSPS) is 23.8. The molecule has 7 atom stereocenters. The maximum atomic E-state index is 14.6. The van der Waals surface area contributed by atoms with E-state index in [1.54, 1.807) is 4.90 Å². The maximum Gasteiger partial charge on any atom is 0.246 e. The molecule has 3 aliphatic rings. The molecule has 0 spiro atoms. The lowest BCUT2D eigenvalue weighted by atomic mass is 9.79. The zero-order valence-corrected chi connectivity index (χ0v) is 31.9. The molecule has 1 aromatic rings. The van der Waals surface area contributed by atoms with Crippen molar-refractivity contribution in [3.05, 3.63) is 35.9 Å². The van der Waals surface area contributed by atoms with Crippen molar-refractivity contribution >= 4 is 39.0 Å². The summed E-state index contributed by atoms with van der Waals surface area (Å²) in [5, 5.41) is 3.00. The molecule has 0 radical (unpaired) electrons. The SMILES string of the molecule is CCC[C@@H](CC(=O)[C@@H]1[C@H]2CCCC2CN1C(=O)[C@@H](NC(=O)[C@H](CS(C)(=O)=O)C1CCCCC1)C(C)(C)C)C(=O)C(=O)C[C@@H](C)c1ccccc1. The summed E-state index contributed by atoms with van der Waals surface area (Å²) in [6, 6.07) is 7.89. The van der Waals surface area contributed by atoms with Gasteiger partial charge in [0.15, 0.2) is 11.6 Å². The lowest BCUT2D eigenvalue weighted by molar-refractivity contribution is -0.146. The Bertz CT molecular complexity index is 1480. The van der Waals surface area contributed by atoms with Gasteiger partial charge in [-0.1, -0.05) is 97.1 Å². The van der Waals surface area contributed by atoms with Gasteiger partial charge in [-0.2, -0.15) is 0 Å². The van der Waals surface area contributed by atoms with Crippen LogP contribution in [0.15, 0.2) is 30.3 Å². The van der Waals surface area contributed by atoms with Gasteiger partial charge in [0.05, 0.1) is 17.7 Å². The van der Waals surface area contributed by atoms with Crippen molar-refractivity contribution in [3.63, 3.8) is 0 Å². The summed E-state index contributed by atoms with van der Waals surface area (Å²) in [7, 11) is -3.46. The van der Waals surface area contributed by atoms with Crippen LogP contribution in [0.3, 0.4) is 0 Å². The van der Waals surface area contributed by atoms with E-state index in [-0.39, 0.29) is 54.0 Å². The van der Waals surface area contributed by atoms with Gasteiger partial charge in [-0.05, 0) is 66.8 Å². The van der Waals surface area contributed by atoms with Crippen molar-refractivity contribution in [3.8, 4) is 0 Å². The molecular weight excluding hydrogens is 653 g/mol. The van der Waals surface area contributed by atoms with Crippen molar-refractivity contribution in [2.45, 2.75) is 130 Å². The van der Waals surface area contributed by atoms with Crippen LogP contribution in [0, 0.1) is 35.0 Å². The van der Waals surface area contributed by atoms with Gasteiger partial charge in [0.25, 0.3) is 0 Å². The summed E-state index contributed by atoms with van der Waals surface area (Å²) >= 11 is 0. The number of nitrogens with zero attached hydrogens (tertiary/aromatic N) is 1. The van der Waals surface area contributed by atoms with Gasteiger partial charge in [-0.3, -0.25) is 24.0 Å². The summed E-state index contributed by atoms with van der Waals surface area (Å²) in [5.41, 5.74) is 0.258. The van der Waals surface area contributed by atoms with E-state index in [0.717, 1.165) is 63.2 Å². The molecule has 50 heavy (non-hydrogen) atoms. The van der Waals surface area contributed by atoms with Gasteiger partial charge in [-0.15, -0.1) is 0 Å². The monoisotopic (exact) mass is 712 g/mol.